The topological polar surface area (TPSA) is 9.23 Å². The molecule has 0 spiro atoms. The third kappa shape index (κ3) is 6.18. The summed E-state index contributed by atoms with van der Waals surface area (Å²) in [7, 11) is 0. The summed E-state index contributed by atoms with van der Waals surface area (Å²) in [4.78, 5) is 0. The molecule has 0 saturated heterocycles. The molecule has 28 heavy (non-hydrogen) atoms. The standard InChI is InChI=1S/C25H34F2O/c1-2-3-4-5-6-19-7-9-20(10-8-19)21-11-13-22(14-12-21)23-15-17-24(18-16-23)28-25(26)27/h2-3,13,15-21,25H,4-12,14H2,1H3/b3-2+. The van der Waals surface area contributed by atoms with Crippen molar-refractivity contribution in [3.63, 3.8) is 0 Å². The average molecular weight is 389 g/mol. The Hall–Kier alpha value is -1.64. The van der Waals surface area contributed by atoms with E-state index < -0.39 is 6.61 Å². The van der Waals surface area contributed by atoms with Gasteiger partial charge in [-0.25, -0.2) is 0 Å². The van der Waals surface area contributed by atoms with Crippen molar-refractivity contribution in [2.24, 2.45) is 17.8 Å². The number of rotatable bonds is 8. The maximum Gasteiger partial charge on any atom is 0.387 e. The minimum atomic E-state index is -2.76. The second-order valence-electron chi connectivity index (χ2n) is 8.45. The second-order valence-corrected chi connectivity index (χ2v) is 8.45. The Kier molecular flexibility index (Phi) is 8.12. The first-order chi connectivity index (χ1) is 13.7. The highest BCUT2D eigenvalue weighted by molar-refractivity contribution is 5.66. The zero-order chi connectivity index (χ0) is 19.8. The summed E-state index contributed by atoms with van der Waals surface area (Å²) < 4.78 is 29.0. The predicted octanol–water partition coefficient (Wildman–Crippen LogP) is 8.02. The van der Waals surface area contributed by atoms with Crippen molar-refractivity contribution >= 4 is 5.57 Å². The fraction of sp³-hybridized carbons (Fsp3) is 0.600. The lowest BCUT2D eigenvalue weighted by atomic mass is 9.70. The molecule has 3 heteroatoms. The van der Waals surface area contributed by atoms with E-state index in [1.165, 1.54) is 63.4 Å². The van der Waals surface area contributed by atoms with E-state index in [1.807, 2.05) is 12.1 Å². The van der Waals surface area contributed by atoms with Crippen molar-refractivity contribution in [2.75, 3.05) is 0 Å². The number of hydrogen-bond donors (Lipinski definition) is 0. The Balaban J connectivity index is 1.44. The average Bonchev–Trinajstić information content (AvgIpc) is 2.72. The minimum Gasteiger partial charge on any atom is -0.435 e. The van der Waals surface area contributed by atoms with Gasteiger partial charge < -0.3 is 4.74 Å². The lowest BCUT2D eigenvalue weighted by molar-refractivity contribution is -0.0498. The van der Waals surface area contributed by atoms with Gasteiger partial charge in [-0.15, -0.1) is 0 Å². The molecule has 1 aromatic carbocycles. The van der Waals surface area contributed by atoms with Crippen molar-refractivity contribution in [3.05, 3.63) is 48.1 Å². The molecule has 1 fully saturated rings. The molecule has 1 atom stereocenters. The molecule has 3 rings (SSSR count). The molecule has 2 aliphatic carbocycles. The molecule has 0 amide bonds. The third-order valence-electron chi connectivity index (χ3n) is 6.68. The lowest BCUT2D eigenvalue weighted by Crippen LogP contribution is -2.23. The summed E-state index contributed by atoms with van der Waals surface area (Å²) in [6, 6.07) is 7.10. The molecule has 154 valence electrons. The summed E-state index contributed by atoms with van der Waals surface area (Å²) in [5.74, 6) is 2.90. The van der Waals surface area contributed by atoms with Gasteiger partial charge >= 0.3 is 6.61 Å². The molecular weight excluding hydrogens is 354 g/mol. The summed E-state index contributed by atoms with van der Waals surface area (Å²) >= 11 is 0. The van der Waals surface area contributed by atoms with Crippen LogP contribution >= 0.6 is 0 Å². The quantitative estimate of drug-likeness (QED) is 0.323. The van der Waals surface area contributed by atoms with Crippen LogP contribution in [-0.2, 0) is 0 Å². The number of benzene rings is 1. The summed E-state index contributed by atoms with van der Waals surface area (Å²) in [5.41, 5.74) is 2.50. The highest BCUT2D eigenvalue weighted by atomic mass is 19.3. The largest absolute Gasteiger partial charge is 0.435 e. The van der Waals surface area contributed by atoms with Crippen molar-refractivity contribution in [1.82, 2.24) is 0 Å². The summed E-state index contributed by atoms with van der Waals surface area (Å²) in [5, 5.41) is 0. The number of ether oxygens (including phenoxy) is 1. The van der Waals surface area contributed by atoms with Crippen molar-refractivity contribution in [2.45, 2.75) is 77.7 Å². The number of allylic oxidation sites excluding steroid dienone is 4. The monoisotopic (exact) mass is 388 g/mol. The number of hydrogen-bond acceptors (Lipinski definition) is 1. The Morgan fingerprint density at radius 1 is 1.04 bits per heavy atom. The van der Waals surface area contributed by atoms with Crippen LogP contribution in [0, 0.1) is 17.8 Å². The van der Waals surface area contributed by atoms with E-state index in [4.69, 9.17) is 0 Å². The maximum atomic E-state index is 12.3. The van der Waals surface area contributed by atoms with E-state index in [0.717, 1.165) is 29.7 Å². The Bertz CT molecular complexity index is 639. The fourth-order valence-corrected chi connectivity index (χ4v) is 5.03. The van der Waals surface area contributed by atoms with E-state index >= 15 is 0 Å². The molecule has 1 unspecified atom stereocenters. The molecule has 2 aliphatic rings. The van der Waals surface area contributed by atoms with Crippen LogP contribution in [0.1, 0.15) is 76.7 Å². The first-order valence-corrected chi connectivity index (χ1v) is 11.0. The predicted molar refractivity (Wildman–Crippen MR) is 113 cm³/mol. The van der Waals surface area contributed by atoms with Gasteiger partial charge in [0.1, 0.15) is 5.75 Å². The zero-order valence-electron chi connectivity index (χ0n) is 17.1. The van der Waals surface area contributed by atoms with E-state index in [2.05, 4.69) is 29.9 Å². The first kappa shape index (κ1) is 21.1. The van der Waals surface area contributed by atoms with Crippen LogP contribution in [-0.4, -0.2) is 6.61 Å². The van der Waals surface area contributed by atoms with Crippen molar-refractivity contribution < 1.29 is 13.5 Å². The molecule has 0 N–H and O–H groups in total. The minimum absolute atomic E-state index is 0.232. The molecule has 1 nitrogen and oxygen atoms in total. The van der Waals surface area contributed by atoms with Gasteiger partial charge in [-0.3, -0.25) is 0 Å². The van der Waals surface area contributed by atoms with Crippen molar-refractivity contribution in [3.8, 4) is 5.75 Å². The molecule has 0 radical (unpaired) electrons. The van der Waals surface area contributed by atoms with Gasteiger partial charge in [0.05, 0.1) is 0 Å². The fourth-order valence-electron chi connectivity index (χ4n) is 5.03. The summed E-state index contributed by atoms with van der Waals surface area (Å²) in [6.07, 6.45) is 20.0. The number of alkyl halides is 2. The molecule has 0 bridgehead atoms. The molecular formula is C25H34F2O. The Morgan fingerprint density at radius 2 is 1.79 bits per heavy atom. The number of halogens is 2. The SMILES string of the molecule is C/C=C/CCCC1CCC(C2CC=C(c3ccc(OC(F)F)cc3)CC2)CC1. The first-order valence-electron chi connectivity index (χ1n) is 11.0. The van der Waals surface area contributed by atoms with E-state index in [-0.39, 0.29) is 5.75 Å². The van der Waals surface area contributed by atoms with Crippen LogP contribution in [0.4, 0.5) is 8.78 Å². The lowest BCUT2D eigenvalue weighted by Gasteiger charge is -2.35. The highest BCUT2D eigenvalue weighted by Crippen LogP contribution is 2.42. The van der Waals surface area contributed by atoms with Gasteiger partial charge in [-0.05, 0) is 92.9 Å². The summed E-state index contributed by atoms with van der Waals surface area (Å²) in [6.45, 7) is -0.657. The van der Waals surface area contributed by atoms with Crippen LogP contribution in [0.25, 0.3) is 5.57 Å². The van der Waals surface area contributed by atoms with Crippen LogP contribution < -0.4 is 4.74 Å². The normalized spacial score (nSPS) is 25.9. The molecule has 0 aliphatic heterocycles. The molecule has 1 aromatic rings. The smallest absolute Gasteiger partial charge is 0.387 e. The maximum absolute atomic E-state index is 12.3. The van der Waals surface area contributed by atoms with Gasteiger partial charge in [0, 0.05) is 0 Å². The highest BCUT2D eigenvalue weighted by Gasteiger charge is 2.28. The Labute approximate surface area is 168 Å². The van der Waals surface area contributed by atoms with Gasteiger partial charge in [0.25, 0.3) is 0 Å². The van der Waals surface area contributed by atoms with Crippen LogP contribution in [0.3, 0.4) is 0 Å². The second kappa shape index (κ2) is 10.8. The van der Waals surface area contributed by atoms with Crippen LogP contribution in [0.15, 0.2) is 42.5 Å². The zero-order valence-corrected chi connectivity index (χ0v) is 17.1. The Morgan fingerprint density at radius 3 is 2.39 bits per heavy atom. The van der Waals surface area contributed by atoms with Gasteiger partial charge in [0.15, 0.2) is 0 Å². The van der Waals surface area contributed by atoms with Gasteiger partial charge in [-0.1, -0.05) is 49.6 Å². The van der Waals surface area contributed by atoms with Gasteiger partial charge in [-0.2, -0.15) is 8.78 Å². The van der Waals surface area contributed by atoms with E-state index in [1.54, 1.807) is 12.1 Å². The van der Waals surface area contributed by atoms with Gasteiger partial charge in [0.2, 0.25) is 0 Å². The van der Waals surface area contributed by atoms with Crippen LogP contribution in [0.2, 0.25) is 0 Å². The third-order valence-corrected chi connectivity index (χ3v) is 6.68. The van der Waals surface area contributed by atoms with E-state index in [0.29, 0.717) is 0 Å². The molecule has 1 saturated carbocycles. The molecule has 0 aromatic heterocycles. The van der Waals surface area contributed by atoms with Crippen LogP contribution in [0.5, 0.6) is 5.75 Å². The van der Waals surface area contributed by atoms with E-state index in [9.17, 15) is 8.78 Å². The molecule has 0 heterocycles. The number of unbranched alkanes of at least 4 members (excludes halogenated alkanes) is 1. The van der Waals surface area contributed by atoms with Crippen molar-refractivity contribution in [1.29, 1.82) is 0 Å².